The number of hydrogen-bond donors (Lipinski definition) is 0. The summed E-state index contributed by atoms with van der Waals surface area (Å²) in [7, 11) is 4.11. The zero-order chi connectivity index (χ0) is 26.5. The predicted octanol–water partition coefficient (Wildman–Crippen LogP) is 5.38. The summed E-state index contributed by atoms with van der Waals surface area (Å²) >= 11 is 1.65. The van der Waals surface area contributed by atoms with Crippen LogP contribution in [0.4, 0.5) is 0 Å². The van der Waals surface area contributed by atoms with Gasteiger partial charge in [0.1, 0.15) is 0 Å². The highest BCUT2D eigenvalue weighted by atomic mass is 32.1. The third kappa shape index (κ3) is 5.67. The maximum atomic E-state index is 14.2. The molecule has 3 rings (SSSR count). The Kier molecular flexibility index (Phi) is 10.0. The van der Waals surface area contributed by atoms with E-state index in [0.29, 0.717) is 24.9 Å². The van der Waals surface area contributed by atoms with Gasteiger partial charge in [-0.25, -0.2) is 0 Å². The summed E-state index contributed by atoms with van der Waals surface area (Å²) in [6.45, 7) is 4.31. The van der Waals surface area contributed by atoms with E-state index in [1.165, 1.54) is 5.56 Å². The second kappa shape index (κ2) is 12.4. The largest absolute Gasteiger partial charge is 0.500 e. The Morgan fingerprint density at radius 1 is 0.722 bits per heavy atom. The molecule has 0 aliphatic carbocycles. The van der Waals surface area contributed by atoms with E-state index in [1.54, 1.807) is 54.0 Å². The summed E-state index contributed by atoms with van der Waals surface area (Å²) in [6.07, 6.45) is 1.26. The summed E-state index contributed by atoms with van der Waals surface area (Å²) in [4.78, 5) is 14.2. The molecule has 0 radical (unpaired) electrons. The molecular formula is C26H38O7SSi2. The fraction of sp³-hybridized carbons (Fsp3) is 0.500. The third-order valence-corrected chi connectivity index (χ3v) is 13.5. The predicted molar refractivity (Wildman–Crippen MR) is 150 cm³/mol. The fourth-order valence-corrected chi connectivity index (χ4v) is 9.36. The molecule has 0 fully saturated rings. The van der Waals surface area contributed by atoms with Crippen molar-refractivity contribution in [3.8, 4) is 0 Å². The van der Waals surface area contributed by atoms with Crippen LogP contribution < -0.4 is 5.43 Å². The van der Waals surface area contributed by atoms with Crippen LogP contribution in [0.2, 0.25) is 12.1 Å². The number of rotatable bonds is 13. The zero-order valence-corrected chi connectivity index (χ0v) is 25.4. The van der Waals surface area contributed by atoms with Crippen molar-refractivity contribution in [1.82, 2.24) is 0 Å². The quantitative estimate of drug-likeness (QED) is 0.209. The van der Waals surface area contributed by atoms with E-state index in [9.17, 15) is 4.79 Å². The van der Waals surface area contributed by atoms with Crippen LogP contribution >= 0.6 is 11.3 Å². The zero-order valence-electron chi connectivity index (χ0n) is 22.6. The molecule has 36 heavy (non-hydrogen) atoms. The Morgan fingerprint density at radius 2 is 1.25 bits per heavy atom. The van der Waals surface area contributed by atoms with E-state index in [0.717, 1.165) is 31.3 Å². The first-order chi connectivity index (χ1) is 17.2. The molecule has 0 amide bonds. The topological polar surface area (TPSA) is 72.5 Å². The van der Waals surface area contributed by atoms with Crippen LogP contribution in [-0.2, 0) is 39.4 Å². The standard InChI is InChI=1S/C26H38O7SSi2/c1-18(2)20-12-13-23-25(21(20)15-17-36(31-6,32-7)33-8)26(27)24-19(10-9-11-22(24)34-23)14-16-35(28-3,29-4)30-5/h9-13,18H,14-17H2,1-8H3. The third-order valence-electron chi connectivity index (χ3n) is 6.97. The maximum Gasteiger partial charge on any atom is 0.500 e. The van der Waals surface area contributed by atoms with Gasteiger partial charge in [0.05, 0.1) is 0 Å². The lowest BCUT2D eigenvalue weighted by Gasteiger charge is -2.25. The minimum absolute atomic E-state index is 0.0610. The van der Waals surface area contributed by atoms with Crippen LogP contribution in [0.1, 0.15) is 36.5 Å². The first kappa shape index (κ1) is 29.1. The van der Waals surface area contributed by atoms with Crippen molar-refractivity contribution in [2.75, 3.05) is 42.7 Å². The van der Waals surface area contributed by atoms with Gasteiger partial charge in [0, 0.05) is 74.9 Å². The minimum atomic E-state index is -2.81. The van der Waals surface area contributed by atoms with Gasteiger partial charge in [-0.2, -0.15) is 0 Å². The Balaban J connectivity index is 2.21. The van der Waals surface area contributed by atoms with Crippen molar-refractivity contribution >= 4 is 49.1 Å². The highest BCUT2D eigenvalue weighted by Gasteiger charge is 2.38. The summed E-state index contributed by atoms with van der Waals surface area (Å²) in [5.74, 6) is 0.264. The highest BCUT2D eigenvalue weighted by Crippen LogP contribution is 2.34. The van der Waals surface area contributed by atoms with Crippen molar-refractivity contribution in [1.29, 1.82) is 0 Å². The molecule has 3 aromatic rings. The molecule has 0 bridgehead atoms. The van der Waals surface area contributed by atoms with Gasteiger partial charge >= 0.3 is 17.6 Å². The Bertz CT molecular complexity index is 1220. The van der Waals surface area contributed by atoms with Gasteiger partial charge in [-0.1, -0.05) is 32.0 Å². The maximum absolute atomic E-state index is 14.2. The first-order valence-electron chi connectivity index (χ1n) is 12.0. The molecule has 10 heteroatoms. The second-order valence-electron chi connectivity index (χ2n) is 8.97. The molecule has 0 atom stereocenters. The molecule has 1 heterocycles. The lowest BCUT2D eigenvalue weighted by atomic mass is 9.92. The monoisotopic (exact) mass is 550 g/mol. The van der Waals surface area contributed by atoms with Crippen LogP contribution in [0.25, 0.3) is 20.2 Å². The SMILES string of the molecule is CO[Si](CCc1cccc2sc3ccc(C(C)C)c(CC[Si](OC)(OC)OC)c3c(=O)c12)(OC)OC. The first-order valence-corrected chi connectivity index (χ1v) is 16.7. The van der Waals surface area contributed by atoms with Crippen molar-refractivity contribution in [3.63, 3.8) is 0 Å². The summed E-state index contributed by atoms with van der Waals surface area (Å²) < 4.78 is 35.8. The molecule has 0 saturated carbocycles. The van der Waals surface area contributed by atoms with Crippen LogP contribution in [0.3, 0.4) is 0 Å². The molecule has 0 spiro atoms. The van der Waals surface area contributed by atoms with Crippen LogP contribution in [0, 0.1) is 0 Å². The van der Waals surface area contributed by atoms with Gasteiger partial charge in [0.15, 0.2) is 5.43 Å². The minimum Gasteiger partial charge on any atom is -0.377 e. The van der Waals surface area contributed by atoms with Gasteiger partial charge in [-0.3, -0.25) is 4.79 Å². The van der Waals surface area contributed by atoms with Gasteiger partial charge in [-0.05, 0) is 47.6 Å². The van der Waals surface area contributed by atoms with Crippen LogP contribution in [-0.4, -0.2) is 60.3 Å². The molecule has 0 N–H and O–H groups in total. The number of hydrogen-bond acceptors (Lipinski definition) is 8. The smallest absolute Gasteiger partial charge is 0.377 e. The molecule has 0 aliphatic heterocycles. The van der Waals surface area contributed by atoms with E-state index in [4.69, 9.17) is 26.6 Å². The highest BCUT2D eigenvalue weighted by molar-refractivity contribution is 7.24. The van der Waals surface area contributed by atoms with E-state index < -0.39 is 17.6 Å². The van der Waals surface area contributed by atoms with Crippen molar-refractivity contribution in [2.24, 2.45) is 0 Å². The van der Waals surface area contributed by atoms with Gasteiger partial charge < -0.3 is 26.6 Å². The molecule has 7 nitrogen and oxygen atoms in total. The van der Waals surface area contributed by atoms with Crippen LogP contribution in [0.15, 0.2) is 35.1 Å². The van der Waals surface area contributed by atoms with Crippen molar-refractivity contribution in [3.05, 3.63) is 57.2 Å². The Labute approximate surface area is 220 Å². The van der Waals surface area contributed by atoms with Crippen molar-refractivity contribution < 1.29 is 26.6 Å². The normalized spacial score (nSPS) is 12.8. The van der Waals surface area contributed by atoms with E-state index in [1.807, 2.05) is 18.2 Å². The summed E-state index contributed by atoms with van der Waals surface area (Å²) in [5, 5.41) is 1.54. The lowest BCUT2D eigenvalue weighted by molar-refractivity contribution is 0.123. The molecule has 1 aromatic heterocycles. The average Bonchev–Trinajstić information content (AvgIpc) is 2.90. The van der Waals surface area contributed by atoms with Gasteiger partial charge in [0.2, 0.25) is 0 Å². The molecule has 0 aliphatic rings. The summed E-state index contributed by atoms with van der Waals surface area (Å²) in [5.41, 5.74) is 3.26. The van der Waals surface area contributed by atoms with E-state index in [-0.39, 0.29) is 11.3 Å². The molecule has 0 saturated heterocycles. The Hall–Kier alpha value is -1.48. The van der Waals surface area contributed by atoms with E-state index in [2.05, 4.69) is 26.0 Å². The Morgan fingerprint density at radius 3 is 1.78 bits per heavy atom. The van der Waals surface area contributed by atoms with E-state index >= 15 is 0 Å². The molecule has 0 unspecified atom stereocenters. The average molecular weight is 551 g/mol. The number of aryl methyl sites for hydroxylation is 2. The summed E-state index contributed by atoms with van der Waals surface area (Å²) in [6, 6.07) is 11.5. The van der Waals surface area contributed by atoms with Crippen LogP contribution in [0.5, 0.6) is 0 Å². The van der Waals surface area contributed by atoms with Gasteiger partial charge in [0.25, 0.3) is 0 Å². The van der Waals surface area contributed by atoms with Crippen molar-refractivity contribution in [2.45, 2.75) is 44.7 Å². The molecule has 2 aromatic carbocycles. The number of benzene rings is 2. The molecular weight excluding hydrogens is 513 g/mol. The van der Waals surface area contributed by atoms with Gasteiger partial charge in [-0.15, -0.1) is 11.3 Å². The second-order valence-corrected chi connectivity index (χ2v) is 16.2. The molecule has 198 valence electrons. The fourth-order valence-electron chi connectivity index (χ4n) is 4.84. The lowest BCUT2D eigenvalue weighted by Crippen LogP contribution is -2.43. The number of fused-ring (bicyclic) bond motifs is 2.